The molecule has 2 aromatic carbocycles. The summed E-state index contributed by atoms with van der Waals surface area (Å²) < 4.78 is 28.1. The average molecular weight is 233 g/mol. The largest absolute Gasteiger partial charge is 0.273 e. The van der Waals surface area contributed by atoms with Gasteiger partial charge in [0.1, 0.15) is 0 Å². The van der Waals surface area contributed by atoms with E-state index < -0.39 is 5.92 Å². The van der Waals surface area contributed by atoms with Crippen LogP contribution in [0.2, 0.25) is 0 Å². The molecule has 0 unspecified atom stereocenters. The van der Waals surface area contributed by atoms with Gasteiger partial charge in [0, 0.05) is 12.0 Å². The van der Waals surface area contributed by atoms with E-state index in [4.69, 9.17) is 0 Å². The minimum Gasteiger partial charge on any atom is -0.201 e. The number of benzene rings is 2. The van der Waals surface area contributed by atoms with Crippen molar-refractivity contribution in [2.24, 2.45) is 0 Å². The molecule has 0 saturated heterocycles. The van der Waals surface area contributed by atoms with Gasteiger partial charge in [-0.25, -0.2) is 8.78 Å². The van der Waals surface area contributed by atoms with E-state index in [1.165, 1.54) is 6.07 Å². The summed E-state index contributed by atoms with van der Waals surface area (Å²) in [6, 6.07) is 12.3. The van der Waals surface area contributed by atoms with Crippen LogP contribution in [0.1, 0.15) is 24.8 Å². The van der Waals surface area contributed by atoms with E-state index in [0.717, 1.165) is 5.39 Å². The Bertz CT molecular complexity index is 498. The van der Waals surface area contributed by atoms with Gasteiger partial charge in [0.25, 0.3) is 5.92 Å². The van der Waals surface area contributed by atoms with Crippen LogP contribution in [0.25, 0.3) is 10.8 Å². The van der Waals surface area contributed by atoms with Crippen LogP contribution in [0.15, 0.2) is 42.5 Å². The van der Waals surface area contributed by atoms with Crippen LogP contribution in [0.4, 0.5) is 8.78 Å². The molecule has 0 nitrogen and oxygen atoms in total. The van der Waals surface area contributed by atoms with Gasteiger partial charge in [-0.3, -0.25) is 0 Å². The van der Waals surface area contributed by atoms with Crippen molar-refractivity contribution in [3.8, 4) is 0 Å². The smallest absolute Gasteiger partial charge is 0.201 e. The fraction of sp³-hybridized carbons (Fsp3) is 0.267. The SMILES string of the molecule is [CH2]CCCC(F)(F)c1cccc2ccccc12. The van der Waals surface area contributed by atoms with E-state index in [1.807, 2.05) is 18.2 Å². The van der Waals surface area contributed by atoms with Crippen LogP contribution < -0.4 is 0 Å². The molecule has 0 aliphatic heterocycles. The van der Waals surface area contributed by atoms with Crippen LogP contribution in [0.3, 0.4) is 0 Å². The van der Waals surface area contributed by atoms with Crippen molar-refractivity contribution in [1.29, 1.82) is 0 Å². The van der Waals surface area contributed by atoms with Gasteiger partial charge in [0.05, 0.1) is 0 Å². The average Bonchev–Trinajstić information content (AvgIpc) is 2.36. The number of hydrogen-bond donors (Lipinski definition) is 0. The fourth-order valence-corrected chi connectivity index (χ4v) is 2.03. The molecule has 0 spiro atoms. The molecule has 0 aliphatic rings. The van der Waals surface area contributed by atoms with Gasteiger partial charge < -0.3 is 0 Å². The highest BCUT2D eigenvalue weighted by atomic mass is 19.3. The third kappa shape index (κ3) is 2.46. The molecule has 0 aliphatic carbocycles. The lowest BCUT2D eigenvalue weighted by Crippen LogP contribution is -2.13. The Labute approximate surface area is 100 Å². The second-order valence-corrected chi connectivity index (χ2v) is 4.19. The lowest BCUT2D eigenvalue weighted by Gasteiger charge is -2.18. The second-order valence-electron chi connectivity index (χ2n) is 4.19. The molecule has 1 radical (unpaired) electrons. The maximum Gasteiger partial charge on any atom is 0.273 e. The number of rotatable bonds is 4. The molecule has 2 rings (SSSR count). The van der Waals surface area contributed by atoms with Gasteiger partial charge in [-0.15, -0.1) is 0 Å². The Balaban J connectivity index is 2.47. The van der Waals surface area contributed by atoms with Crippen molar-refractivity contribution in [2.45, 2.75) is 25.2 Å². The van der Waals surface area contributed by atoms with E-state index >= 15 is 0 Å². The summed E-state index contributed by atoms with van der Waals surface area (Å²) in [7, 11) is 0. The fourth-order valence-electron chi connectivity index (χ4n) is 2.03. The van der Waals surface area contributed by atoms with Crippen LogP contribution in [0, 0.1) is 6.92 Å². The predicted molar refractivity (Wildman–Crippen MR) is 67.1 cm³/mol. The molecular weight excluding hydrogens is 218 g/mol. The molecule has 2 aromatic rings. The Morgan fingerprint density at radius 1 is 1.00 bits per heavy atom. The summed E-state index contributed by atoms with van der Waals surface area (Å²) in [5.41, 5.74) is 0.129. The van der Waals surface area contributed by atoms with Crippen molar-refractivity contribution in [3.63, 3.8) is 0 Å². The molecule has 0 fully saturated rings. The zero-order valence-electron chi connectivity index (χ0n) is 9.63. The van der Waals surface area contributed by atoms with Gasteiger partial charge in [0.2, 0.25) is 0 Å². The van der Waals surface area contributed by atoms with Gasteiger partial charge in [-0.1, -0.05) is 55.8 Å². The molecule has 89 valence electrons. The van der Waals surface area contributed by atoms with Crippen molar-refractivity contribution >= 4 is 10.8 Å². The van der Waals surface area contributed by atoms with E-state index in [0.29, 0.717) is 18.2 Å². The van der Waals surface area contributed by atoms with Crippen molar-refractivity contribution in [2.75, 3.05) is 0 Å². The molecule has 0 amide bonds. The maximum absolute atomic E-state index is 14.0. The minimum atomic E-state index is -2.77. The number of unbranched alkanes of at least 4 members (excludes halogenated alkanes) is 1. The normalized spacial score (nSPS) is 11.9. The molecule has 2 heteroatoms. The summed E-state index contributed by atoms with van der Waals surface area (Å²) in [5, 5.41) is 1.50. The van der Waals surface area contributed by atoms with Crippen LogP contribution in [-0.2, 0) is 5.92 Å². The summed E-state index contributed by atoms with van der Waals surface area (Å²) in [5.74, 6) is -2.77. The topological polar surface area (TPSA) is 0 Å². The highest BCUT2D eigenvalue weighted by Crippen LogP contribution is 2.37. The first-order valence-electron chi connectivity index (χ1n) is 5.80. The first-order chi connectivity index (χ1) is 8.15. The lowest BCUT2D eigenvalue weighted by atomic mass is 9.96. The quantitative estimate of drug-likeness (QED) is 0.702. The summed E-state index contributed by atoms with van der Waals surface area (Å²) in [6.45, 7) is 3.61. The van der Waals surface area contributed by atoms with Gasteiger partial charge >= 0.3 is 0 Å². The molecule has 0 N–H and O–H groups in total. The third-order valence-corrected chi connectivity index (χ3v) is 2.92. The highest BCUT2D eigenvalue weighted by molar-refractivity contribution is 5.86. The Kier molecular flexibility index (Phi) is 3.41. The summed E-state index contributed by atoms with van der Waals surface area (Å²) >= 11 is 0. The minimum absolute atomic E-state index is 0.129. The third-order valence-electron chi connectivity index (χ3n) is 2.92. The molecule has 0 heterocycles. The van der Waals surface area contributed by atoms with E-state index in [9.17, 15) is 8.78 Å². The standard InChI is InChI=1S/C15H15F2/c1-2-3-11-15(16,17)14-10-6-8-12-7-4-5-9-13(12)14/h4-10H,1-3,11H2. The Hall–Kier alpha value is -1.44. The predicted octanol–water partition coefficient (Wildman–Crippen LogP) is 4.94. The van der Waals surface area contributed by atoms with E-state index in [-0.39, 0.29) is 12.0 Å². The molecule has 0 aromatic heterocycles. The van der Waals surface area contributed by atoms with E-state index in [2.05, 4.69) is 6.92 Å². The van der Waals surface area contributed by atoms with Crippen molar-refractivity contribution in [3.05, 3.63) is 55.0 Å². The van der Waals surface area contributed by atoms with Crippen LogP contribution >= 0.6 is 0 Å². The zero-order chi connectivity index (χ0) is 12.3. The van der Waals surface area contributed by atoms with Crippen molar-refractivity contribution < 1.29 is 8.78 Å². The van der Waals surface area contributed by atoms with Gasteiger partial charge in [0.15, 0.2) is 0 Å². The molecule has 0 saturated carbocycles. The Morgan fingerprint density at radius 3 is 2.47 bits per heavy atom. The van der Waals surface area contributed by atoms with Crippen molar-refractivity contribution in [1.82, 2.24) is 0 Å². The molecule has 0 bridgehead atoms. The van der Waals surface area contributed by atoms with Crippen LogP contribution in [-0.4, -0.2) is 0 Å². The number of fused-ring (bicyclic) bond motifs is 1. The number of alkyl halides is 2. The molecule has 17 heavy (non-hydrogen) atoms. The Morgan fingerprint density at radius 2 is 1.71 bits per heavy atom. The lowest BCUT2D eigenvalue weighted by molar-refractivity contribution is -0.0135. The maximum atomic E-state index is 14.0. The zero-order valence-corrected chi connectivity index (χ0v) is 9.63. The van der Waals surface area contributed by atoms with Gasteiger partial charge in [-0.05, 0) is 17.2 Å². The second kappa shape index (κ2) is 4.82. The summed E-state index contributed by atoms with van der Waals surface area (Å²) in [6.07, 6.45) is 0.848. The monoisotopic (exact) mass is 233 g/mol. The highest BCUT2D eigenvalue weighted by Gasteiger charge is 2.31. The first-order valence-corrected chi connectivity index (χ1v) is 5.80. The number of hydrogen-bond acceptors (Lipinski definition) is 0. The number of halogens is 2. The molecular formula is C15H15F2. The summed E-state index contributed by atoms with van der Waals surface area (Å²) in [4.78, 5) is 0. The van der Waals surface area contributed by atoms with Gasteiger partial charge in [-0.2, -0.15) is 0 Å². The first kappa shape index (κ1) is 12.0. The van der Waals surface area contributed by atoms with E-state index in [1.54, 1.807) is 18.2 Å². The molecule has 0 atom stereocenters. The van der Waals surface area contributed by atoms with Crippen LogP contribution in [0.5, 0.6) is 0 Å².